The Kier molecular flexibility index (Phi) is 2.51. The van der Waals surface area contributed by atoms with Crippen LogP contribution in [-0.4, -0.2) is 9.55 Å². The van der Waals surface area contributed by atoms with E-state index in [2.05, 4.69) is 9.83 Å². The summed E-state index contributed by atoms with van der Waals surface area (Å²) in [6.07, 6.45) is 1.90. The molecule has 0 N–H and O–H groups in total. The number of aryl methyl sites for hydroxylation is 1. The van der Waals surface area contributed by atoms with E-state index in [1.807, 2.05) is 48.1 Å². The molecule has 0 aliphatic carbocycles. The molecular formula is C12H11N3. The Hall–Kier alpha value is -2.08. The van der Waals surface area contributed by atoms with Crippen LogP contribution in [0, 0.1) is 6.57 Å². The van der Waals surface area contributed by atoms with Crippen molar-refractivity contribution in [3.63, 3.8) is 0 Å². The second kappa shape index (κ2) is 3.97. The Morgan fingerprint density at radius 3 is 2.73 bits per heavy atom. The van der Waals surface area contributed by atoms with Gasteiger partial charge in [0.1, 0.15) is 11.5 Å². The van der Waals surface area contributed by atoms with Crippen LogP contribution >= 0.6 is 0 Å². The van der Waals surface area contributed by atoms with Crippen LogP contribution in [0.25, 0.3) is 16.2 Å². The van der Waals surface area contributed by atoms with Crippen LogP contribution in [0.15, 0.2) is 36.5 Å². The molecule has 0 radical (unpaired) electrons. The molecule has 3 nitrogen and oxygen atoms in total. The zero-order valence-electron chi connectivity index (χ0n) is 8.51. The smallest absolute Gasteiger partial charge is 0.257 e. The summed E-state index contributed by atoms with van der Waals surface area (Å²) < 4.78 is 1.95. The molecule has 2 rings (SSSR count). The van der Waals surface area contributed by atoms with E-state index < -0.39 is 0 Å². The summed E-state index contributed by atoms with van der Waals surface area (Å²) in [6, 6.07) is 9.98. The van der Waals surface area contributed by atoms with Gasteiger partial charge in [-0.15, -0.1) is 0 Å². The lowest BCUT2D eigenvalue weighted by Crippen LogP contribution is -1.89. The minimum atomic E-state index is 0.348. The zero-order chi connectivity index (χ0) is 10.7. The molecule has 0 aliphatic rings. The van der Waals surface area contributed by atoms with E-state index >= 15 is 0 Å². The van der Waals surface area contributed by atoms with E-state index in [4.69, 9.17) is 6.57 Å². The van der Waals surface area contributed by atoms with Crippen LogP contribution in [0.3, 0.4) is 0 Å². The monoisotopic (exact) mass is 197 g/mol. The summed E-state index contributed by atoms with van der Waals surface area (Å²) in [5, 5.41) is 0. The second-order valence-corrected chi connectivity index (χ2v) is 3.35. The number of aromatic nitrogens is 2. The van der Waals surface area contributed by atoms with E-state index in [0.717, 1.165) is 17.1 Å². The Balaban J connectivity index is 2.42. The molecule has 15 heavy (non-hydrogen) atoms. The topological polar surface area (TPSA) is 22.2 Å². The van der Waals surface area contributed by atoms with Crippen molar-refractivity contribution in [2.24, 2.45) is 7.05 Å². The fourth-order valence-corrected chi connectivity index (χ4v) is 1.54. The van der Waals surface area contributed by atoms with Crippen molar-refractivity contribution in [2.75, 3.05) is 0 Å². The van der Waals surface area contributed by atoms with E-state index in [1.165, 1.54) is 0 Å². The van der Waals surface area contributed by atoms with Crippen molar-refractivity contribution < 1.29 is 0 Å². The Labute approximate surface area is 88.8 Å². The summed E-state index contributed by atoms with van der Waals surface area (Å²) in [7, 11) is 1.95. The molecule has 0 saturated heterocycles. The van der Waals surface area contributed by atoms with Crippen molar-refractivity contribution in [3.8, 4) is 11.4 Å². The van der Waals surface area contributed by atoms with Crippen LogP contribution in [0.4, 0.5) is 0 Å². The van der Waals surface area contributed by atoms with Crippen LogP contribution < -0.4 is 0 Å². The molecular weight excluding hydrogens is 186 g/mol. The van der Waals surface area contributed by atoms with Gasteiger partial charge in [-0.3, -0.25) is 0 Å². The van der Waals surface area contributed by atoms with Gasteiger partial charge in [-0.05, 0) is 0 Å². The molecule has 0 unspecified atom stereocenters. The molecule has 0 atom stereocenters. The second-order valence-electron chi connectivity index (χ2n) is 3.35. The molecule has 0 bridgehead atoms. The van der Waals surface area contributed by atoms with Gasteiger partial charge < -0.3 is 9.41 Å². The van der Waals surface area contributed by atoms with Gasteiger partial charge in [0.25, 0.3) is 6.54 Å². The maximum atomic E-state index is 6.80. The highest BCUT2D eigenvalue weighted by molar-refractivity contribution is 5.55. The van der Waals surface area contributed by atoms with Crippen LogP contribution in [0.1, 0.15) is 5.69 Å². The number of imidazole rings is 1. The van der Waals surface area contributed by atoms with Crippen molar-refractivity contribution in [1.82, 2.24) is 9.55 Å². The SMILES string of the molecule is [C-]#[N+]Cc1cn(C)c(-c2ccccc2)n1. The number of rotatable bonds is 2. The predicted octanol–water partition coefficient (Wildman–Crippen LogP) is 2.51. The van der Waals surface area contributed by atoms with E-state index in [0.29, 0.717) is 6.54 Å². The Morgan fingerprint density at radius 2 is 2.07 bits per heavy atom. The first-order valence-corrected chi connectivity index (χ1v) is 4.72. The summed E-state index contributed by atoms with van der Waals surface area (Å²) in [5.41, 5.74) is 1.91. The Bertz CT molecular complexity index is 491. The van der Waals surface area contributed by atoms with Crippen LogP contribution in [0.2, 0.25) is 0 Å². The highest BCUT2D eigenvalue weighted by Gasteiger charge is 2.07. The molecule has 1 aromatic heterocycles. The molecule has 0 aliphatic heterocycles. The molecule has 1 aromatic carbocycles. The van der Waals surface area contributed by atoms with Crippen molar-refractivity contribution >= 4 is 0 Å². The fraction of sp³-hybridized carbons (Fsp3) is 0.167. The minimum Gasteiger partial charge on any atom is -0.333 e. The maximum absolute atomic E-state index is 6.80. The fourth-order valence-electron chi connectivity index (χ4n) is 1.54. The predicted molar refractivity (Wildman–Crippen MR) is 59.0 cm³/mol. The third-order valence-electron chi connectivity index (χ3n) is 2.20. The molecule has 0 saturated carbocycles. The molecule has 0 fully saturated rings. The number of hydrogen-bond acceptors (Lipinski definition) is 1. The maximum Gasteiger partial charge on any atom is 0.257 e. The van der Waals surface area contributed by atoms with Crippen molar-refractivity contribution in [2.45, 2.75) is 6.54 Å². The lowest BCUT2D eigenvalue weighted by molar-refractivity contribution is 0.923. The lowest BCUT2D eigenvalue weighted by atomic mass is 10.2. The normalized spacial score (nSPS) is 9.87. The first-order chi connectivity index (χ1) is 7.31. The summed E-state index contributed by atoms with van der Waals surface area (Å²) >= 11 is 0. The number of hydrogen-bond donors (Lipinski definition) is 0. The molecule has 1 heterocycles. The van der Waals surface area contributed by atoms with Gasteiger partial charge in [0.05, 0.1) is 0 Å². The standard InChI is InChI=1S/C12H11N3/c1-13-8-11-9-15(2)12(14-11)10-6-4-3-5-7-10/h3-7,9H,8H2,2H3. The van der Waals surface area contributed by atoms with Crippen LogP contribution in [-0.2, 0) is 13.6 Å². The van der Waals surface area contributed by atoms with Gasteiger partial charge >= 0.3 is 0 Å². The third kappa shape index (κ3) is 1.89. The highest BCUT2D eigenvalue weighted by Crippen LogP contribution is 2.17. The van der Waals surface area contributed by atoms with Gasteiger partial charge in [0, 0.05) is 18.8 Å². The largest absolute Gasteiger partial charge is 0.333 e. The van der Waals surface area contributed by atoms with Crippen molar-refractivity contribution in [1.29, 1.82) is 0 Å². The molecule has 0 spiro atoms. The first-order valence-electron chi connectivity index (χ1n) is 4.72. The summed E-state index contributed by atoms with van der Waals surface area (Å²) in [4.78, 5) is 7.75. The number of benzene rings is 1. The van der Waals surface area contributed by atoms with Crippen LogP contribution in [0.5, 0.6) is 0 Å². The molecule has 3 heteroatoms. The zero-order valence-corrected chi connectivity index (χ0v) is 8.51. The molecule has 0 amide bonds. The van der Waals surface area contributed by atoms with Gasteiger partial charge in [-0.1, -0.05) is 30.3 Å². The van der Waals surface area contributed by atoms with E-state index in [-0.39, 0.29) is 0 Å². The highest BCUT2D eigenvalue weighted by atomic mass is 15.1. The minimum absolute atomic E-state index is 0.348. The van der Waals surface area contributed by atoms with Gasteiger partial charge in [-0.25, -0.2) is 11.6 Å². The quantitative estimate of drug-likeness (QED) is 0.678. The van der Waals surface area contributed by atoms with Crippen molar-refractivity contribution in [3.05, 3.63) is 53.6 Å². The average Bonchev–Trinajstić information content (AvgIpc) is 2.61. The number of nitrogens with zero attached hydrogens (tertiary/aromatic N) is 3. The molecule has 2 aromatic rings. The average molecular weight is 197 g/mol. The third-order valence-corrected chi connectivity index (χ3v) is 2.20. The first kappa shape index (κ1) is 9.47. The van der Waals surface area contributed by atoms with E-state index in [9.17, 15) is 0 Å². The lowest BCUT2D eigenvalue weighted by Gasteiger charge is -1.99. The van der Waals surface area contributed by atoms with Gasteiger partial charge in [-0.2, -0.15) is 0 Å². The molecule has 74 valence electrons. The van der Waals surface area contributed by atoms with E-state index in [1.54, 1.807) is 0 Å². The van der Waals surface area contributed by atoms with Gasteiger partial charge in [0.15, 0.2) is 0 Å². The Morgan fingerprint density at radius 1 is 1.33 bits per heavy atom. The summed E-state index contributed by atoms with van der Waals surface area (Å²) in [6.45, 7) is 7.15. The summed E-state index contributed by atoms with van der Waals surface area (Å²) in [5.74, 6) is 0.911. The van der Waals surface area contributed by atoms with Gasteiger partial charge in [0.2, 0.25) is 0 Å².